The van der Waals surface area contributed by atoms with Gasteiger partial charge in [0, 0.05) is 49.2 Å². The highest BCUT2D eigenvalue weighted by atomic mass is 16.3. The van der Waals surface area contributed by atoms with Gasteiger partial charge in [-0.1, -0.05) is 33.8 Å². The zero-order chi connectivity index (χ0) is 15.3. The van der Waals surface area contributed by atoms with Gasteiger partial charge in [-0.05, 0) is 12.1 Å². The van der Waals surface area contributed by atoms with Crippen LogP contribution >= 0.6 is 0 Å². The number of piperazine rings is 1. The number of anilines is 1. The highest BCUT2D eigenvalue weighted by molar-refractivity contribution is 5.38. The standard InChI is InChI=1S/C17H27N3O/c1-16(2)14(17(3,4)15(16)21)20-11-9-19(10-12-20)13-7-5-6-8-18-13/h5-8,14-15,21H,9-12H2,1-4H3. The highest BCUT2D eigenvalue weighted by Gasteiger charge is 2.63. The van der Waals surface area contributed by atoms with Gasteiger partial charge in [-0.15, -0.1) is 0 Å². The summed E-state index contributed by atoms with van der Waals surface area (Å²) in [4.78, 5) is 9.36. The summed E-state index contributed by atoms with van der Waals surface area (Å²) in [5.74, 6) is 1.07. The minimum absolute atomic E-state index is 0.0172. The zero-order valence-electron chi connectivity index (χ0n) is 13.6. The Morgan fingerprint density at radius 3 is 2.19 bits per heavy atom. The van der Waals surface area contributed by atoms with Crippen LogP contribution in [-0.2, 0) is 0 Å². The average Bonchev–Trinajstić information content (AvgIpc) is 2.48. The second-order valence-electron chi connectivity index (χ2n) is 7.66. The van der Waals surface area contributed by atoms with Crippen LogP contribution in [0.2, 0.25) is 0 Å². The first-order valence-corrected chi connectivity index (χ1v) is 7.93. The fourth-order valence-corrected chi connectivity index (χ4v) is 4.81. The zero-order valence-corrected chi connectivity index (χ0v) is 13.6. The fourth-order valence-electron chi connectivity index (χ4n) is 4.81. The first kappa shape index (κ1) is 14.8. The van der Waals surface area contributed by atoms with Crippen LogP contribution in [0.3, 0.4) is 0 Å². The largest absolute Gasteiger partial charge is 0.392 e. The van der Waals surface area contributed by atoms with Gasteiger partial charge in [-0.3, -0.25) is 4.90 Å². The van der Waals surface area contributed by atoms with Crippen molar-refractivity contribution in [1.82, 2.24) is 9.88 Å². The molecule has 0 spiro atoms. The Bertz CT molecular complexity index is 476. The van der Waals surface area contributed by atoms with Gasteiger partial charge in [0.25, 0.3) is 0 Å². The van der Waals surface area contributed by atoms with Crippen molar-refractivity contribution in [2.24, 2.45) is 10.8 Å². The molecule has 1 aromatic rings. The summed E-state index contributed by atoms with van der Waals surface area (Å²) >= 11 is 0. The van der Waals surface area contributed by atoms with Gasteiger partial charge >= 0.3 is 0 Å². The van der Waals surface area contributed by atoms with E-state index in [9.17, 15) is 5.11 Å². The first-order valence-electron chi connectivity index (χ1n) is 7.93. The van der Waals surface area contributed by atoms with E-state index in [1.807, 2.05) is 18.3 Å². The summed E-state index contributed by atoms with van der Waals surface area (Å²) < 4.78 is 0. The van der Waals surface area contributed by atoms with Crippen LogP contribution in [0.25, 0.3) is 0 Å². The Hall–Kier alpha value is -1.13. The Balaban J connectivity index is 1.67. The summed E-state index contributed by atoms with van der Waals surface area (Å²) in [7, 11) is 0. The third kappa shape index (κ3) is 2.25. The van der Waals surface area contributed by atoms with Gasteiger partial charge in [0.05, 0.1) is 6.10 Å². The van der Waals surface area contributed by atoms with Crippen molar-refractivity contribution < 1.29 is 5.11 Å². The molecule has 1 aliphatic heterocycles. The maximum atomic E-state index is 10.4. The number of nitrogens with zero attached hydrogens (tertiary/aromatic N) is 3. The van der Waals surface area contributed by atoms with E-state index in [4.69, 9.17) is 0 Å². The third-order valence-corrected chi connectivity index (χ3v) is 5.47. The van der Waals surface area contributed by atoms with Crippen molar-refractivity contribution in [3.05, 3.63) is 24.4 Å². The highest BCUT2D eigenvalue weighted by Crippen LogP contribution is 2.56. The van der Waals surface area contributed by atoms with Gasteiger partial charge < -0.3 is 10.0 Å². The molecule has 1 aromatic heterocycles. The van der Waals surface area contributed by atoms with Crippen molar-refractivity contribution in [2.45, 2.75) is 39.8 Å². The average molecular weight is 289 g/mol. The maximum absolute atomic E-state index is 10.4. The maximum Gasteiger partial charge on any atom is 0.128 e. The molecule has 1 saturated carbocycles. The van der Waals surface area contributed by atoms with Crippen LogP contribution in [0.4, 0.5) is 5.82 Å². The lowest BCUT2D eigenvalue weighted by Crippen LogP contribution is -2.74. The molecule has 116 valence electrons. The van der Waals surface area contributed by atoms with Crippen molar-refractivity contribution in [1.29, 1.82) is 0 Å². The van der Waals surface area contributed by atoms with Gasteiger partial charge in [0.15, 0.2) is 0 Å². The third-order valence-electron chi connectivity index (χ3n) is 5.47. The Morgan fingerprint density at radius 1 is 1.05 bits per heavy atom. The molecular weight excluding hydrogens is 262 g/mol. The van der Waals surface area contributed by atoms with Crippen LogP contribution in [0.5, 0.6) is 0 Å². The van der Waals surface area contributed by atoms with Crippen LogP contribution in [0.1, 0.15) is 27.7 Å². The van der Waals surface area contributed by atoms with Crippen LogP contribution in [0, 0.1) is 10.8 Å². The van der Waals surface area contributed by atoms with Gasteiger partial charge in [-0.2, -0.15) is 0 Å². The quantitative estimate of drug-likeness (QED) is 0.904. The molecule has 4 heteroatoms. The van der Waals surface area contributed by atoms with E-state index >= 15 is 0 Å². The van der Waals surface area contributed by atoms with Crippen LogP contribution in [-0.4, -0.2) is 53.3 Å². The molecule has 1 N–H and O–H groups in total. The molecule has 4 nitrogen and oxygen atoms in total. The van der Waals surface area contributed by atoms with Crippen LogP contribution < -0.4 is 4.90 Å². The van der Waals surface area contributed by atoms with E-state index in [0.717, 1.165) is 32.0 Å². The van der Waals surface area contributed by atoms with E-state index in [0.29, 0.717) is 6.04 Å². The normalized spacial score (nSPS) is 31.8. The lowest BCUT2D eigenvalue weighted by atomic mass is 9.49. The number of pyridine rings is 1. The van der Waals surface area contributed by atoms with Gasteiger partial charge in [0.2, 0.25) is 0 Å². The molecule has 2 aliphatic rings. The Morgan fingerprint density at radius 2 is 1.67 bits per heavy atom. The predicted octanol–water partition coefficient (Wildman–Crippen LogP) is 2.00. The molecule has 0 bridgehead atoms. The van der Waals surface area contributed by atoms with Gasteiger partial charge in [-0.25, -0.2) is 4.98 Å². The number of rotatable bonds is 2. The number of aromatic nitrogens is 1. The van der Waals surface area contributed by atoms with Crippen molar-refractivity contribution in [3.8, 4) is 0 Å². The Kier molecular flexibility index (Phi) is 3.49. The molecule has 0 radical (unpaired) electrons. The molecule has 3 rings (SSSR count). The van der Waals surface area contributed by atoms with E-state index < -0.39 is 0 Å². The summed E-state index contributed by atoms with van der Waals surface area (Å²) in [5, 5.41) is 10.4. The van der Waals surface area contributed by atoms with Crippen molar-refractivity contribution in [2.75, 3.05) is 31.1 Å². The molecule has 2 heterocycles. The molecule has 0 atom stereocenters. The predicted molar refractivity (Wildman–Crippen MR) is 85.4 cm³/mol. The van der Waals surface area contributed by atoms with E-state index in [2.05, 4.69) is 48.5 Å². The fraction of sp³-hybridized carbons (Fsp3) is 0.706. The second kappa shape index (κ2) is 4.96. The number of hydrogen-bond donors (Lipinski definition) is 1. The molecule has 1 aliphatic carbocycles. The van der Waals surface area contributed by atoms with E-state index in [-0.39, 0.29) is 16.9 Å². The first-order chi connectivity index (χ1) is 9.85. The molecular formula is C17H27N3O. The topological polar surface area (TPSA) is 39.6 Å². The van der Waals surface area contributed by atoms with Crippen molar-refractivity contribution in [3.63, 3.8) is 0 Å². The Labute approximate surface area is 127 Å². The number of aliphatic hydroxyl groups excluding tert-OH is 1. The molecule has 0 aromatic carbocycles. The molecule has 21 heavy (non-hydrogen) atoms. The lowest BCUT2D eigenvalue weighted by molar-refractivity contribution is -0.222. The second-order valence-corrected chi connectivity index (χ2v) is 7.66. The minimum Gasteiger partial charge on any atom is -0.392 e. The monoisotopic (exact) mass is 289 g/mol. The smallest absolute Gasteiger partial charge is 0.128 e. The van der Waals surface area contributed by atoms with E-state index in [1.165, 1.54) is 0 Å². The summed E-state index contributed by atoms with van der Waals surface area (Å²) in [6, 6.07) is 6.53. The number of aliphatic hydroxyl groups is 1. The van der Waals surface area contributed by atoms with Crippen LogP contribution in [0.15, 0.2) is 24.4 Å². The molecule has 0 unspecified atom stereocenters. The van der Waals surface area contributed by atoms with Gasteiger partial charge in [0.1, 0.15) is 5.82 Å². The summed E-state index contributed by atoms with van der Waals surface area (Å²) in [5.41, 5.74) is -0.0344. The number of hydrogen-bond acceptors (Lipinski definition) is 4. The van der Waals surface area contributed by atoms with E-state index in [1.54, 1.807) is 0 Å². The summed E-state index contributed by atoms with van der Waals surface area (Å²) in [6.07, 6.45) is 1.64. The lowest BCUT2D eigenvalue weighted by Gasteiger charge is -2.66. The van der Waals surface area contributed by atoms with Crippen molar-refractivity contribution >= 4 is 5.82 Å². The SMILES string of the molecule is CC1(C)C(O)C(C)(C)C1N1CCN(c2ccccn2)CC1. The molecule has 2 fully saturated rings. The minimum atomic E-state index is -0.219. The molecule has 0 amide bonds. The summed E-state index contributed by atoms with van der Waals surface area (Å²) in [6.45, 7) is 12.9. The molecule has 1 saturated heterocycles.